The average molecular weight is 347 g/mol. The molecule has 21 heavy (non-hydrogen) atoms. The Kier molecular flexibility index (Phi) is 5.43. The number of nitrogens with zero attached hydrogens (tertiary/aromatic N) is 1. The van der Waals surface area contributed by atoms with E-state index < -0.39 is 0 Å². The maximum absolute atomic E-state index is 3.60. The lowest BCUT2D eigenvalue weighted by Crippen LogP contribution is -2.21. The minimum absolute atomic E-state index is 0.313. The molecular formula is C18H23BrN2. The predicted molar refractivity (Wildman–Crippen MR) is 95.5 cm³/mol. The van der Waals surface area contributed by atoms with Gasteiger partial charge in [0.25, 0.3) is 0 Å². The second-order valence-corrected chi connectivity index (χ2v) is 6.21. The van der Waals surface area contributed by atoms with E-state index in [1.807, 2.05) is 7.05 Å². The second-order valence-electron chi connectivity index (χ2n) is 5.29. The Morgan fingerprint density at radius 3 is 2.38 bits per heavy atom. The third-order valence-corrected chi connectivity index (χ3v) is 4.34. The zero-order valence-corrected chi connectivity index (χ0v) is 14.7. The third kappa shape index (κ3) is 3.66. The Morgan fingerprint density at radius 1 is 1.14 bits per heavy atom. The van der Waals surface area contributed by atoms with Gasteiger partial charge >= 0.3 is 0 Å². The molecule has 0 fully saturated rings. The molecule has 3 heteroatoms. The molecular weight excluding hydrogens is 324 g/mol. The van der Waals surface area contributed by atoms with Crippen molar-refractivity contribution >= 4 is 27.3 Å². The van der Waals surface area contributed by atoms with Crippen molar-refractivity contribution in [1.29, 1.82) is 0 Å². The molecule has 0 aliphatic rings. The van der Waals surface area contributed by atoms with Crippen LogP contribution in [0.1, 0.15) is 31.0 Å². The minimum atomic E-state index is 0.313. The summed E-state index contributed by atoms with van der Waals surface area (Å²) in [6.07, 6.45) is 0. The molecule has 1 N–H and O–H groups in total. The van der Waals surface area contributed by atoms with E-state index in [2.05, 4.69) is 89.4 Å². The molecule has 0 radical (unpaired) electrons. The molecule has 0 saturated carbocycles. The van der Waals surface area contributed by atoms with Crippen molar-refractivity contribution < 1.29 is 0 Å². The molecule has 2 nitrogen and oxygen atoms in total. The SMILES string of the molecule is CCN(c1ccc(C)cc1)c1cc(Br)ccc1C(C)NC. The van der Waals surface area contributed by atoms with Gasteiger partial charge in [-0.15, -0.1) is 0 Å². The molecule has 0 spiro atoms. The zero-order valence-electron chi connectivity index (χ0n) is 13.2. The topological polar surface area (TPSA) is 15.3 Å². The van der Waals surface area contributed by atoms with E-state index in [1.165, 1.54) is 22.5 Å². The number of hydrogen-bond donors (Lipinski definition) is 1. The zero-order chi connectivity index (χ0) is 15.4. The number of halogens is 1. The maximum Gasteiger partial charge on any atom is 0.0470 e. The normalized spacial score (nSPS) is 12.2. The van der Waals surface area contributed by atoms with E-state index in [0.29, 0.717) is 6.04 Å². The fraction of sp³-hybridized carbons (Fsp3) is 0.333. The van der Waals surface area contributed by atoms with Crippen LogP contribution in [0.3, 0.4) is 0 Å². The first-order valence-corrected chi connectivity index (χ1v) is 8.17. The van der Waals surface area contributed by atoms with Crippen LogP contribution < -0.4 is 10.2 Å². The van der Waals surface area contributed by atoms with Gasteiger partial charge in [0.05, 0.1) is 0 Å². The Bertz CT molecular complexity index is 593. The fourth-order valence-electron chi connectivity index (χ4n) is 2.49. The van der Waals surface area contributed by atoms with Crippen molar-refractivity contribution in [1.82, 2.24) is 5.32 Å². The number of benzene rings is 2. The number of aryl methyl sites for hydroxylation is 1. The highest BCUT2D eigenvalue weighted by Crippen LogP contribution is 2.34. The number of anilines is 2. The van der Waals surface area contributed by atoms with E-state index >= 15 is 0 Å². The highest BCUT2D eigenvalue weighted by atomic mass is 79.9. The van der Waals surface area contributed by atoms with Crippen LogP contribution in [0, 0.1) is 6.92 Å². The Hall–Kier alpha value is -1.32. The molecule has 0 aromatic heterocycles. The molecule has 2 rings (SSSR count). The van der Waals surface area contributed by atoms with Crippen molar-refractivity contribution in [3.05, 3.63) is 58.1 Å². The van der Waals surface area contributed by atoms with Crippen LogP contribution in [-0.2, 0) is 0 Å². The molecule has 0 amide bonds. The van der Waals surface area contributed by atoms with E-state index in [9.17, 15) is 0 Å². The Morgan fingerprint density at radius 2 is 1.81 bits per heavy atom. The molecule has 2 aromatic rings. The van der Waals surface area contributed by atoms with Crippen LogP contribution in [0.15, 0.2) is 46.9 Å². The molecule has 1 atom stereocenters. The summed E-state index contributed by atoms with van der Waals surface area (Å²) < 4.78 is 1.11. The van der Waals surface area contributed by atoms with E-state index in [0.717, 1.165) is 11.0 Å². The Labute approximate surface area is 136 Å². The van der Waals surface area contributed by atoms with E-state index in [1.54, 1.807) is 0 Å². The lowest BCUT2D eigenvalue weighted by Gasteiger charge is -2.28. The summed E-state index contributed by atoms with van der Waals surface area (Å²) >= 11 is 3.60. The molecule has 0 aliphatic carbocycles. The van der Waals surface area contributed by atoms with Crippen molar-refractivity contribution in [2.45, 2.75) is 26.8 Å². The summed E-state index contributed by atoms with van der Waals surface area (Å²) in [5.74, 6) is 0. The van der Waals surface area contributed by atoms with Crippen LogP contribution in [-0.4, -0.2) is 13.6 Å². The smallest absolute Gasteiger partial charge is 0.0470 e. The third-order valence-electron chi connectivity index (χ3n) is 3.84. The lowest BCUT2D eigenvalue weighted by molar-refractivity contribution is 0.651. The van der Waals surface area contributed by atoms with Crippen molar-refractivity contribution in [2.24, 2.45) is 0 Å². The van der Waals surface area contributed by atoms with Crippen molar-refractivity contribution in [2.75, 3.05) is 18.5 Å². The minimum Gasteiger partial charge on any atom is -0.341 e. The molecule has 2 aromatic carbocycles. The monoisotopic (exact) mass is 346 g/mol. The lowest BCUT2D eigenvalue weighted by atomic mass is 10.0. The summed E-state index contributed by atoms with van der Waals surface area (Å²) in [6, 6.07) is 15.5. The first-order chi connectivity index (χ1) is 10.1. The predicted octanol–water partition coefficient (Wildman–Crippen LogP) is 5.20. The first-order valence-electron chi connectivity index (χ1n) is 7.37. The Balaban J connectivity index is 2.50. The molecule has 0 saturated heterocycles. The van der Waals surface area contributed by atoms with Crippen LogP contribution in [0.2, 0.25) is 0 Å². The van der Waals surface area contributed by atoms with Crippen LogP contribution in [0.4, 0.5) is 11.4 Å². The van der Waals surface area contributed by atoms with E-state index in [4.69, 9.17) is 0 Å². The summed E-state index contributed by atoms with van der Waals surface area (Å²) in [6.45, 7) is 7.43. The highest BCUT2D eigenvalue weighted by Gasteiger charge is 2.15. The van der Waals surface area contributed by atoms with E-state index in [-0.39, 0.29) is 0 Å². The standard InChI is InChI=1S/C18H23BrN2/c1-5-21(16-9-6-13(2)7-10-16)18-12-15(19)8-11-17(18)14(3)20-4/h6-12,14,20H,5H2,1-4H3. The van der Waals surface area contributed by atoms with Crippen molar-refractivity contribution in [3.8, 4) is 0 Å². The van der Waals surface area contributed by atoms with Gasteiger partial charge in [0, 0.05) is 28.4 Å². The maximum atomic E-state index is 3.60. The van der Waals surface area contributed by atoms with Gasteiger partial charge in [-0.05, 0) is 57.6 Å². The summed E-state index contributed by atoms with van der Waals surface area (Å²) in [4.78, 5) is 2.35. The van der Waals surface area contributed by atoms with Gasteiger partial charge in [0.1, 0.15) is 0 Å². The number of hydrogen-bond acceptors (Lipinski definition) is 2. The van der Waals surface area contributed by atoms with Gasteiger partial charge in [-0.3, -0.25) is 0 Å². The van der Waals surface area contributed by atoms with Gasteiger partial charge in [-0.2, -0.15) is 0 Å². The van der Waals surface area contributed by atoms with Crippen molar-refractivity contribution in [3.63, 3.8) is 0 Å². The second kappa shape index (κ2) is 7.10. The summed E-state index contributed by atoms with van der Waals surface area (Å²) in [7, 11) is 2.00. The van der Waals surface area contributed by atoms with Crippen LogP contribution in [0.5, 0.6) is 0 Å². The van der Waals surface area contributed by atoms with Crippen LogP contribution in [0.25, 0.3) is 0 Å². The molecule has 0 bridgehead atoms. The highest BCUT2D eigenvalue weighted by molar-refractivity contribution is 9.10. The van der Waals surface area contributed by atoms with Crippen LogP contribution >= 0.6 is 15.9 Å². The molecule has 0 aliphatic heterocycles. The van der Waals surface area contributed by atoms with Gasteiger partial charge < -0.3 is 10.2 Å². The molecule has 1 unspecified atom stereocenters. The quantitative estimate of drug-likeness (QED) is 0.800. The number of nitrogens with one attached hydrogen (secondary N) is 1. The molecule has 112 valence electrons. The van der Waals surface area contributed by atoms with Gasteiger partial charge in [0.15, 0.2) is 0 Å². The largest absolute Gasteiger partial charge is 0.341 e. The van der Waals surface area contributed by atoms with Gasteiger partial charge in [-0.25, -0.2) is 0 Å². The van der Waals surface area contributed by atoms with Gasteiger partial charge in [-0.1, -0.05) is 39.7 Å². The number of rotatable bonds is 5. The fourth-order valence-corrected chi connectivity index (χ4v) is 2.84. The summed E-state index contributed by atoms with van der Waals surface area (Å²) in [5, 5.41) is 3.34. The molecule has 0 heterocycles. The average Bonchev–Trinajstić information content (AvgIpc) is 2.49. The van der Waals surface area contributed by atoms with Gasteiger partial charge in [0.2, 0.25) is 0 Å². The summed E-state index contributed by atoms with van der Waals surface area (Å²) in [5.41, 5.74) is 5.07. The first kappa shape index (κ1) is 16.1.